The van der Waals surface area contributed by atoms with Gasteiger partial charge in [-0.05, 0) is 61.4 Å². The van der Waals surface area contributed by atoms with E-state index in [1.165, 1.54) is 12.2 Å². The number of carbonyl (C=O) groups excluding carboxylic acids is 3. The van der Waals surface area contributed by atoms with E-state index in [-0.39, 0.29) is 42.0 Å². The second-order valence-corrected chi connectivity index (χ2v) is 10.6. The summed E-state index contributed by atoms with van der Waals surface area (Å²) in [6, 6.07) is 15.4. The average Bonchev–Trinajstić information content (AvgIpc) is 3.00. The zero-order valence-electron chi connectivity index (χ0n) is 23.9. The number of aromatic hydroxyl groups is 1. The van der Waals surface area contributed by atoms with Gasteiger partial charge in [-0.1, -0.05) is 12.1 Å². The quantitative estimate of drug-likeness (QED) is 0.204. The molecule has 5 N–H and O–H groups in total. The number of benzene rings is 2. The van der Waals surface area contributed by atoms with Crippen LogP contribution in [0.1, 0.15) is 23.2 Å². The molecule has 1 aliphatic heterocycles. The molecule has 0 bridgehead atoms. The average molecular weight is 586 g/mol. The maximum atomic E-state index is 12.7. The van der Waals surface area contributed by atoms with Crippen molar-refractivity contribution >= 4 is 29.1 Å². The smallest absolute Gasteiger partial charge is 0.244 e. The molecular weight excluding hydrogens is 550 g/mol. The number of nitrogen functional groups attached to an aromatic ring is 1. The van der Waals surface area contributed by atoms with Gasteiger partial charge in [0.25, 0.3) is 0 Å². The Hall–Kier alpha value is -4.97. The van der Waals surface area contributed by atoms with Crippen LogP contribution in [-0.4, -0.2) is 89.7 Å². The Labute approximate surface area is 249 Å². The summed E-state index contributed by atoms with van der Waals surface area (Å²) in [5, 5.41) is 24.3. The Morgan fingerprint density at radius 3 is 2.37 bits per heavy atom. The van der Waals surface area contributed by atoms with Gasteiger partial charge >= 0.3 is 0 Å². The predicted molar refractivity (Wildman–Crippen MR) is 162 cm³/mol. The summed E-state index contributed by atoms with van der Waals surface area (Å²) in [6.07, 6.45) is 3.76. The Kier molecular flexibility index (Phi) is 9.16. The van der Waals surface area contributed by atoms with Crippen molar-refractivity contribution in [3.05, 3.63) is 72.3 Å². The van der Waals surface area contributed by atoms with Crippen molar-refractivity contribution in [3.63, 3.8) is 0 Å². The number of allylic oxidation sites excluding steroid dienone is 1. The molecule has 12 nitrogen and oxygen atoms in total. The SMILES string of the molecule is COc1ccc(C(=O)/C=C/C(=O)NC2CC(NC(=O)CN3CCN(c4cc(-c5ccccc5O)nnc4N)CC3)C2)cc1. The van der Waals surface area contributed by atoms with Crippen molar-refractivity contribution < 1.29 is 24.2 Å². The second kappa shape index (κ2) is 13.3. The minimum Gasteiger partial charge on any atom is -0.507 e. The Morgan fingerprint density at radius 2 is 1.67 bits per heavy atom. The number of ether oxygens (including phenoxy) is 1. The van der Waals surface area contributed by atoms with Gasteiger partial charge in [0.15, 0.2) is 11.6 Å². The maximum Gasteiger partial charge on any atom is 0.244 e. The summed E-state index contributed by atoms with van der Waals surface area (Å²) in [6.45, 7) is 2.95. The van der Waals surface area contributed by atoms with Gasteiger partial charge in [0, 0.05) is 55.5 Å². The normalized spacial score (nSPS) is 18.6. The van der Waals surface area contributed by atoms with E-state index in [2.05, 4.69) is 30.6 Å². The zero-order valence-corrected chi connectivity index (χ0v) is 23.9. The molecule has 12 heteroatoms. The standard InChI is InChI=1S/C31H35N7O5/c1-43-23-8-6-20(7-9-23)27(39)10-11-29(41)33-21-16-22(17-21)34-30(42)19-37-12-14-38(15-13-37)26-18-25(35-36-31(26)32)24-4-2-3-5-28(24)40/h2-11,18,21-22,40H,12-17,19H2,1H3,(H2,32,36)(H,33,41)(H,34,42)/b11-10+. The molecule has 5 rings (SSSR count). The molecular formula is C31H35N7O5. The van der Waals surface area contributed by atoms with Gasteiger partial charge in [-0.15, -0.1) is 10.2 Å². The Balaban J connectivity index is 1.02. The lowest BCUT2D eigenvalue weighted by molar-refractivity contribution is -0.123. The zero-order chi connectivity index (χ0) is 30.3. The molecule has 0 radical (unpaired) electrons. The number of methoxy groups -OCH3 is 1. The summed E-state index contributed by atoms with van der Waals surface area (Å²) in [4.78, 5) is 41.4. The van der Waals surface area contributed by atoms with Crippen LogP contribution in [0.4, 0.5) is 11.5 Å². The van der Waals surface area contributed by atoms with Crippen molar-refractivity contribution in [2.24, 2.45) is 0 Å². The molecule has 2 amide bonds. The van der Waals surface area contributed by atoms with E-state index in [1.807, 2.05) is 12.1 Å². The first-order valence-electron chi connectivity index (χ1n) is 14.1. The number of anilines is 2. The number of carbonyl (C=O) groups is 3. The highest BCUT2D eigenvalue weighted by atomic mass is 16.5. The van der Waals surface area contributed by atoms with E-state index in [9.17, 15) is 19.5 Å². The largest absolute Gasteiger partial charge is 0.507 e. The van der Waals surface area contributed by atoms with Crippen molar-refractivity contribution in [3.8, 4) is 22.8 Å². The van der Waals surface area contributed by atoms with Crippen LogP contribution in [0, 0.1) is 0 Å². The van der Waals surface area contributed by atoms with Crippen LogP contribution >= 0.6 is 0 Å². The minimum absolute atomic E-state index is 0.000449. The highest BCUT2D eigenvalue weighted by Crippen LogP contribution is 2.31. The van der Waals surface area contributed by atoms with E-state index in [4.69, 9.17) is 10.5 Å². The maximum absolute atomic E-state index is 12.7. The van der Waals surface area contributed by atoms with Gasteiger partial charge < -0.3 is 31.1 Å². The van der Waals surface area contributed by atoms with Crippen molar-refractivity contribution in [2.45, 2.75) is 24.9 Å². The molecule has 2 fully saturated rings. The number of aromatic nitrogens is 2. The first-order chi connectivity index (χ1) is 20.8. The Bertz CT molecular complexity index is 1500. The van der Waals surface area contributed by atoms with E-state index >= 15 is 0 Å². The van der Waals surface area contributed by atoms with Crippen molar-refractivity contribution in [2.75, 3.05) is 50.5 Å². The molecule has 224 valence electrons. The third kappa shape index (κ3) is 7.46. The van der Waals surface area contributed by atoms with E-state index in [1.54, 1.807) is 49.6 Å². The monoisotopic (exact) mass is 585 g/mol. The van der Waals surface area contributed by atoms with Crippen LogP contribution in [0.3, 0.4) is 0 Å². The molecule has 1 saturated heterocycles. The van der Waals surface area contributed by atoms with E-state index in [0.29, 0.717) is 67.4 Å². The number of para-hydroxylation sites is 1. The molecule has 0 unspecified atom stereocenters. The van der Waals surface area contributed by atoms with Gasteiger partial charge in [-0.25, -0.2) is 0 Å². The van der Waals surface area contributed by atoms with Crippen LogP contribution in [-0.2, 0) is 9.59 Å². The molecule has 1 aromatic heterocycles. The number of ketones is 1. The molecule has 43 heavy (non-hydrogen) atoms. The number of amides is 2. The molecule has 1 aliphatic carbocycles. The predicted octanol–water partition coefficient (Wildman–Crippen LogP) is 1.76. The Morgan fingerprint density at radius 1 is 0.977 bits per heavy atom. The fourth-order valence-corrected chi connectivity index (χ4v) is 5.20. The van der Waals surface area contributed by atoms with Crippen LogP contribution in [0.25, 0.3) is 11.3 Å². The van der Waals surface area contributed by atoms with E-state index in [0.717, 1.165) is 5.69 Å². The topological polar surface area (TPSA) is 163 Å². The van der Waals surface area contributed by atoms with Crippen molar-refractivity contribution in [1.29, 1.82) is 0 Å². The van der Waals surface area contributed by atoms with Gasteiger partial charge in [0.05, 0.1) is 25.0 Å². The van der Waals surface area contributed by atoms with Gasteiger partial charge in [0.1, 0.15) is 11.5 Å². The molecule has 2 aliphatic rings. The summed E-state index contributed by atoms with van der Waals surface area (Å²) in [7, 11) is 1.55. The van der Waals surface area contributed by atoms with Gasteiger partial charge in [0.2, 0.25) is 11.8 Å². The summed E-state index contributed by atoms with van der Waals surface area (Å²) in [5.41, 5.74) is 8.47. The molecule has 2 aromatic carbocycles. The number of nitrogens with one attached hydrogen (secondary N) is 2. The molecule has 0 atom stereocenters. The number of hydrogen-bond acceptors (Lipinski definition) is 10. The van der Waals surface area contributed by atoms with E-state index < -0.39 is 0 Å². The number of nitrogens with two attached hydrogens (primary N) is 1. The minimum atomic E-state index is -0.341. The van der Waals surface area contributed by atoms with Gasteiger partial charge in [-0.2, -0.15) is 0 Å². The summed E-state index contributed by atoms with van der Waals surface area (Å²) < 4.78 is 5.08. The number of piperazine rings is 1. The number of rotatable bonds is 10. The highest BCUT2D eigenvalue weighted by molar-refractivity contribution is 6.07. The molecule has 2 heterocycles. The lowest BCUT2D eigenvalue weighted by atomic mass is 9.86. The summed E-state index contributed by atoms with van der Waals surface area (Å²) >= 11 is 0. The third-order valence-corrected chi connectivity index (χ3v) is 7.67. The molecule has 3 aromatic rings. The first kappa shape index (κ1) is 29.5. The number of phenolic OH excluding ortho intramolecular Hbond substituents is 1. The second-order valence-electron chi connectivity index (χ2n) is 10.6. The lowest BCUT2D eigenvalue weighted by Gasteiger charge is -2.38. The number of nitrogens with zero attached hydrogens (tertiary/aromatic N) is 4. The summed E-state index contributed by atoms with van der Waals surface area (Å²) in [5.74, 6) is 0.426. The number of hydrogen-bond donors (Lipinski definition) is 4. The molecule has 1 saturated carbocycles. The van der Waals surface area contributed by atoms with Gasteiger partial charge in [-0.3, -0.25) is 19.3 Å². The van der Waals surface area contributed by atoms with Crippen LogP contribution in [0.2, 0.25) is 0 Å². The van der Waals surface area contributed by atoms with Crippen molar-refractivity contribution in [1.82, 2.24) is 25.7 Å². The number of phenols is 1. The molecule has 0 spiro atoms. The fraction of sp³-hybridized carbons (Fsp3) is 0.323. The van der Waals surface area contributed by atoms with Crippen LogP contribution in [0.5, 0.6) is 11.5 Å². The third-order valence-electron chi connectivity index (χ3n) is 7.67. The van der Waals surface area contributed by atoms with Crippen LogP contribution < -0.4 is 26.0 Å². The highest BCUT2D eigenvalue weighted by Gasteiger charge is 2.31. The fourth-order valence-electron chi connectivity index (χ4n) is 5.20. The first-order valence-corrected chi connectivity index (χ1v) is 14.1. The van der Waals surface area contributed by atoms with Crippen LogP contribution in [0.15, 0.2) is 66.7 Å². The lowest BCUT2D eigenvalue weighted by Crippen LogP contribution is -2.56.